The molecule has 1 unspecified atom stereocenters. The number of benzene rings is 1. The Kier molecular flexibility index (Phi) is 5.59. The number of rotatable bonds is 6. The maximum atomic E-state index is 10.7. The van der Waals surface area contributed by atoms with Gasteiger partial charge in [-0.15, -0.1) is 0 Å². The van der Waals surface area contributed by atoms with Crippen molar-refractivity contribution in [3.05, 3.63) is 34.9 Å². The van der Waals surface area contributed by atoms with Gasteiger partial charge in [-0.1, -0.05) is 23.7 Å². The third-order valence-electron chi connectivity index (χ3n) is 2.65. The monoisotopic (exact) mass is 272 g/mol. The SMILES string of the molecule is CC(=O)OCCC(C)(Cc1ccc(Cl)cc1)OO. The van der Waals surface area contributed by atoms with Crippen LogP contribution in [0.3, 0.4) is 0 Å². The predicted molar refractivity (Wildman–Crippen MR) is 68.5 cm³/mol. The third kappa shape index (κ3) is 5.04. The fourth-order valence-electron chi connectivity index (χ4n) is 1.61. The summed E-state index contributed by atoms with van der Waals surface area (Å²) in [7, 11) is 0. The summed E-state index contributed by atoms with van der Waals surface area (Å²) in [5, 5.41) is 9.66. The molecule has 4 nitrogen and oxygen atoms in total. The van der Waals surface area contributed by atoms with Crippen molar-refractivity contribution in [2.24, 2.45) is 0 Å². The first-order chi connectivity index (χ1) is 8.45. The molecule has 1 rings (SSSR count). The molecule has 0 aliphatic carbocycles. The summed E-state index contributed by atoms with van der Waals surface area (Å²) >= 11 is 5.80. The molecule has 0 bridgehead atoms. The van der Waals surface area contributed by atoms with Gasteiger partial charge in [-0.05, 0) is 24.6 Å². The van der Waals surface area contributed by atoms with Gasteiger partial charge < -0.3 is 4.74 Å². The molecule has 1 N–H and O–H groups in total. The zero-order valence-electron chi connectivity index (χ0n) is 10.5. The van der Waals surface area contributed by atoms with Crippen LogP contribution in [0.4, 0.5) is 0 Å². The van der Waals surface area contributed by atoms with Crippen LogP contribution in [0.1, 0.15) is 25.8 Å². The van der Waals surface area contributed by atoms with Crippen molar-refractivity contribution in [1.29, 1.82) is 0 Å². The Bertz CT molecular complexity index is 390. The molecule has 0 radical (unpaired) electrons. The summed E-state index contributed by atoms with van der Waals surface area (Å²) in [6, 6.07) is 7.29. The zero-order valence-corrected chi connectivity index (χ0v) is 11.2. The Hall–Kier alpha value is -1.10. The van der Waals surface area contributed by atoms with Crippen molar-refractivity contribution in [2.45, 2.75) is 32.3 Å². The molecule has 0 amide bonds. The van der Waals surface area contributed by atoms with E-state index < -0.39 is 5.60 Å². The molecular weight excluding hydrogens is 256 g/mol. The highest BCUT2D eigenvalue weighted by Crippen LogP contribution is 2.22. The van der Waals surface area contributed by atoms with E-state index in [2.05, 4.69) is 4.89 Å². The van der Waals surface area contributed by atoms with Crippen molar-refractivity contribution in [1.82, 2.24) is 0 Å². The average Bonchev–Trinajstić information content (AvgIpc) is 2.32. The standard InChI is InChI=1S/C13H17ClO4/c1-10(15)17-8-7-13(2,18-16)9-11-3-5-12(14)6-4-11/h3-6,16H,7-9H2,1-2H3. The van der Waals surface area contributed by atoms with Crippen molar-refractivity contribution < 1.29 is 19.7 Å². The van der Waals surface area contributed by atoms with E-state index in [4.69, 9.17) is 21.6 Å². The second kappa shape index (κ2) is 6.73. The first-order valence-electron chi connectivity index (χ1n) is 5.65. The lowest BCUT2D eigenvalue weighted by Gasteiger charge is -2.25. The Labute approximate surface area is 111 Å². The number of ether oxygens (including phenoxy) is 1. The smallest absolute Gasteiger partial charge is 0.302 e. The number of carbonyl (C=O) groups excluding carboxylic acids is 1. The van der Waals surface area contributed by atoms with Crippen LogP contribution in [0, 0.1) is 0 Å². The summed E-state index contributed by atoms with van der Waals surface area (Å²) in [5.74, 6) is -0.346. The molecule has 18 heavy (non-hydrogen) atoms. The van der Waals surface area contributed by atoms with E-state index in [1.807, 2.05) is 12.1 Å². The maximum absolute atomic E-state index is 10.7. The van der Waals surface area contributed by atoms with Crippen LogP contribution in [-0.4, -0.2) is 23.4 Å². The molecule has 0 fully saturated rings. The molecule has 0 saturated heterocycles. The Morgan fingerprint density at radius 1 is 1.39 bits per heavy atom. The summed E-state index contributed by atoms with van der Waals surface area (Å²) in [5.41, 5.74) is 0.197. The van der Waals surface area contributed by atoms with Gasteiger partial charge in [0, 0.05) is 24.8 Å². The molecule has 5 heteroatoms. The first-order valence-corrected chi connectivity index (χ1v) is 6.03. The average molecular weight is 273 g/mol. The lowest BCUT2D eigenvalue weighted by Crippen LogP contribution is -2.32. The largest absolute Gasteiger partial charge is 0.466 e. The van der Waals surface area contributed by atoms with Crippen molar-refractivity contribution >= 4 is 17.6 Å². The Balaban J connectivity index is 2.58. The van der Waals surface area contributed by atoms with Crippen LogP contribution in [0.25, 0.3) is 0 Å². The molecule has 0 heterocycles. The van der Waals surface area contributed by atoms with Crippen molar-refractivity contribution in [3.8, 4) is 0 Å². The lowest BCUT2D eigenvalue weighted by atomic mass is 9.93. The molecule has 0 aliphatic rings. The van der Waals surface area contributed by atoms with E-state index in [9.17, 15) is 4.79 Å². The zero-order chi connectivity index (χ0) is 13.6. The van der Waals surface area contributed by atoms with Gasteiger partial charge >= 0.3 is 5.97 Å². The fourth-order valence-corrected chi connectivity index (χ4v) is 1.74. The minimum absolute atomic E-state index is 0.208. The second-order valence-corrected chi connectivity index (χ2v) is 4.87. The summed E-state index contributed by atoms with van der Waals surface area (Å²) in [6.45, 7) is 3.31. The summed E-state index contributed by atoms with van der Waals surface area (Å²) in [4.78, 5) is 15.2. The van der Waals surface area contributed by atoms with Gasteiger partial charge in [0.05, 0.1) is 6.61 Å². The minimum Gasteiger partial charge on any atom is -0.466 e. The minimum atomic E-state index is -0.788. The Morgan fingerprint density at radius 3 is 2.50 bits per heavy atom. The van der Waals surface area contributed by atoms with Crippen LogP contribution in [0.15, 0.2) is 24.3 Å². The van der Waals surface area contributed by atoms with E-state index in [1.165, 1.54) is 6.92 Å². The molecule has 0 saturated carbocycles. The molecule has 1 aromatic carbocycles. The highest BCUT2D eigenvalue weighted by atomic mass is 35.5. The molecule has 0 aromatic heterocycles. The van der Waals surface area contributed by atoms with Gasteiger partial charge in [0.1, 0.15) is 5.60 Å². The van der Waals surface area contributed by atoms with E-state index in [0.29, 0.717) is 17.9 Å². The molecule has 0 aliphatic heterocycles. The molecule has 0 spiro atoms. The van der Waals surface area contributed by atoms with Gasteiger partial charge in [0.2, 0.25) is 0 Å². The van der Waals surface area contributed by atoms with Crippen LogP contribution >= 0.6 is 11.6 Å². The second-order valence-electron chi connectivity index (χ2n) is 4.43. The van der Waals surface area contributed by atoms with Gasteiger partial charge in [0.25, 0.3) is 0 Å². The van der Waals surface area contributed by atoms with E-state index in [-0.39, 0.29) is 12.6 Å². The van der Waals surface area contributed by atoms with Crippen LogP contribution in [-0.2, 0) is 20.8 Å². The van der Waals surface area contributed by atoms with Gasteiger partial charge in [-0.3, -0.25) is 10.1 Å². The number of carbonyl (C=O) groups is 1. The molecule has 1 aromatic rings. The summed E-state index contributed by atoms with van der Waals surface area (Å²) < 4.78 is 4.85. The van der Waals surface area contributed by atoms with Crippen LogP contribution in [0.2, 0.25) is 5.02 Å². The molecule has 100 valence electrons. The normalized spacial score (nSPS) is 14.0. The van der Waals surface area contributed by atoms with E-state index in [1.54, 1.807) is 19.1 Å². The number of hydrogen-bond donors (Lipinski definition) is 1. The number of esters is 1. The van der Waals surface area contributed by atoms with Gasteiger partial charge in [0.15, 0.2) is 0 Å². The third-order valence-corrected chi connectivity index (χ3v) is 2.90. The van der Waals surface area contributed by atoms with Crippen molar-refractivity contribution in [3.63, 3.8) is 0 Å². The highest BCUT2D eigenvalue weighted by molar-refractivity contribution is 6.30. The maximum Gasteiger partial charge on any atom is 0.302 e. The number of hydrogen-bond acceptors (Lipinski definition) is 4. The molecule has 1 atom stereocenters. The topological polar surface area (TPSA) is 55.8 Å². The van der Waals surface area contributed by atoms with Crippen molar-refractivity contribution in [2.75, 3.05) is 6.61 Å². The first kappa shape index (κ1) is 15.0. The fraction of sp³-hybridized carbons (Fsp3) is 0.462. The predicted octanol–water partition coefficient (Wildman–Crippen LogP) is 3.08. The summed E-state index contributed by atoms with van der Waals surface area (Å²) in [6.07, 6.45) is 0.910. The van der Waals surface area contributed by atoms with Gasteiger partial charge in [-0.2, -0.15) is 0 Å². The Morgan fingerprint density at radius 2 is 2.00 bits per heavy atom. The van der Waals surface area contributed by atoms with E-state index >= 15 is 0 Å². The highest BCUT2D eigenvalue weighted by Gasteiger charge is 2.26. The quantitative estimate of drug-likeness (QED) is 0.491. The lowest BCUT2D eigenvalue weighted by molar-refractivity contribution is -0.320. The molecular formula is C13H17ClO4. The van der Waals surface area contributed by atoms with Crippen LogP contribution in [0.5, 0.6) is 0 Å². The van der Waals surface area contributed by atoms with E-state index in [0.717, 1.165) is 5.56 Å². The number of halogens is 1. The van der Waals surface area contributed by atoms with Gasteiger partial charge in [-0.25, -0.2) is 4.89 Å². The van der Waals surface area contributed by atoms with Crippen LogP contribution < -0.4 is 0 Å².